The molecule has 0 aromatic heterocycles. The van der Waals surface area contributed by atoms with Crippen LogP contribution < -0.4 is 10.4 Å². The molecule has 0 radical (unpaired) electrons. The van der Waals surface area contributed by atoms with Crippen LogP contribution in [-0.4, -0.2) is 38.7 Å². The molecule has 2 aromatic rings. The van der Waals surface area contributed by atoms with Crippen molar-refractivity contribution in [3.8, 4) is 0 Å². The van der Waals surface area contributed by atoms with Crippen molar-refractivity contribution in [3.05, 3.63) is 60.7 Å². The highest BCUT2D eigenvalue weighted by Gasteiger charge is 2.50. The monoisotopic (exact) mass is 384 g/mol. The molecular formula is C22H28O4Si. The summed E-state index contributed by atoms with van der Waals surface area (Å²) in [5, 5.41) is 11.4. The number of hydrogen-bond acceptors (Lipinski definition) is 3. The van der Waals surface area contributed by atoms with Crippen molar-refractivity contribution in [2.75, 3.05) is 13.2 Å². The molecular weight excluding hydrogens is 356 g/mol. The van der Waals surface area contributed by atoms with Gasteiger partial charge in [-0.2, -0.15) is 0 Å². The van der Waals surface area contributed by atoms with Crippen LogP contribution in [0.4, 0.5) is 0 Å². The van der Waals surface area contributed by atoms with Crippen LogP contribution in [0.2, 0.25) is 5.04 Å². The number of ether oxygens (including phenoxy) is 1. The van der Waals surface area contributed by atoms with E-state index in [1.54, 1.807) is 0 Å². The maximum absolute atomic E-state index is 11.0. The molecule has 1 fully saturated rings. The van der Waals surface area contributed by atoms with Gasteiger partial charge in [-0.25, -0.2) is 0 Å². The predicted octanol–water partition coefficient (Wildman–Crippen LogP) is 3.05. The molecule has 144 valence electrons. The topological polar surface area (TPSA) is 55.8 Å². The smallest absolute Gasteiger partial charge is 0.309 e. The maximum atomic E-state index is 11.0. The second-order valence-corrected chi connectivity index (χ2v) is 12.4. The number of hydrogen-bond donors (Lipinski definition) is 1. The Morgan fingerprint density at radius 2 is 1.52 bits per heavy atom. The van der Waals surface area contributed by atoms with Gasteiger partial charge < -0.3 is 14.3 Å². The average Bonchev–Trinajstić information content (AvgIpc) is 3.42. The molecule has 5 heteroatoms. The van der Waals surface area contributed by atoms with Crippen molar-refractivity contribution < 1.29 is 19.1 Å². The third kappa shape index (κ3) is 4.15. The third-order valence-corrected chi connectivity index (χ3v) is 10.2. The number of carboxylic acids is 1. The van der Waals surface area contributed by atoms with Gasteiger partial charge in [-0.15, -0.1) is 0 Å². The fourth-order valence-corrected chi connectivity index (χ4v) is 8.32. The van der Waals surface area contributed by atoms with Crippen LogP contribution in [0.1, 0.15) is 27.2 Å². The first-order valence-corrected chi connectivity index (χ1v) is 11.4. The fraction of sp³-hybridized carbons (Fsp3) is 0.409. The maximum Gasteiger partial charge on any atom is 0.309 e. The summed E-state index contributed by atoms with van der Waals surface area (Å²) >= 11 is 0. The lowest BCUT2D eigenvalue weighted by Gasteiger charge is -2.43. The lowest BCUT2D eigenvalue weighted by Crippen LogP contribution is -2.66. The van der Waals surface area contributed by atoms with E-state index in [0.717, 1.165) is 0 Å². The Kier molecular flexibility index (Phi) is 5.84. The fourth-order valence-electron chi connectivity index (χ4n) is 3.77. The zero-order chi connectivity index (χ0) is 19.5. The molecule has 1 aliphatic carbocycles. The van der Waals surface area contributed by atoms with Crippen molar-refractivity contribution in [2.24, 2.45) is 5.92 Å². The molecule has 1 aliphatic rings. The summed E-state index contributed by atoms with van der Waals surface area (Å²) < 4.78 is 12.4. The van der Waals surface area contributed by atoms with Crippen molar-refractivity contribution >= 4 is 24.7 Å². The van der Waals surface area contributed by atoms with Crippen LogP contribution in [0.15, 0.2) is 60.7 Å². The van der Waals surface area contributed by atoms with E-state index in [4.69, 9.17) is 14.3 Å². The summed E-state index contributed by atoms with van der Waals surface area (Å²) in [4.78, 5) is 11.0. The van der Waals surface area contributed by atoms with E-state index in [1.165, 1.54) is 10.4 Å². The standard InChI is InChI=1S/C22H28O4Si/c1-22(2,3)27(17-10-6-4-7-11-17,18-12-8-5-9-13-18)26-15-14-25-20-16-19(20)21(23)24/h4-13,19-20H,14-16H2,1-3H3,(H,23,24)/t19-,20-/m1/s1. The zero-order valence-electron chi connectivity index (χ0n) is 16.2. The molecule has 2 atom stereocenters. The molecule has 1 saturated carbocycles. The van der Waals surface area contributed by atoms with Crippen molar-refractivity contribution in [3.63, 3.8) is 0 Å². The summed E-state index contributed by atoms with van der Waals surface area (Å²) in [7, 11) is -2.54. The highest BCUT2D eigenvalue weighted by atomic mass is 28.4. The molecule has 3 rings (SSSR count). The predicted molar refractivity (Wildman–Crippen MR) is 109 cm³/mol. The quantitative estimate of drug-likeness (QED) is 0.561. The molecule has 0 amide bonds. The molecule has 0 aliphatic heterocycles. The molecule has 4 nitrogen and oxygen atoms in total. The lowest BCUT2D eigenvalue weighted by molar-refractivity contribution is -0.139. The highest BCUT2D eigenvalue weighted by Crippen LogP contribution is 2.37. The zero-order valence-corrected chi connectivity index (χ0v) is 17.2. The number of carboxylic acid groups (broad SMARTS) is 1. The Bertz CT molecular complexity index is 715. The Balaban J connectivity index is 1.82. The highest BCUT2D eigenvalue weighted by molar-refractivity contribution is 6.99. The Morgan fingerprint density at radius 1 is 1.00 bits per heavy atom. The van der Waals surface area contributed by atoms with E-state index in [1.807, 2.05) is 12.1 Å². The van der Waals surface area contributed by atoms with E-state index >= 15 is 0 Å². The van der Waals surface area contributed by atoms with Gasteiger partial charge in [-0.3, -0.25) is 4.79 Å². The first-order valence-electron chi connectivity index (χ1n) is 9.45. The molecule has 0 heterocycles. The third-order valence-electron chi connectivity index (χ3n) is 5.20. The van der Waals surface area contributed by atoms with E-state index in [2.05, 4.69) is 69.3 Å². The molecule has 0 unspecified atom stereocenters. The van der Waals surface area contributed by atoms with Crippen LogP contribution in [0, 0.1) is 5.92 Å². The van der Waals surface area contributed by atoms with Gasteiger partial charge in [0, 0.05) is 0 Å². The van der Waals surface area contributed by atoms with Gasteiger partial charge in [0.25, 0.3) is 8.32 Å². The summed E-state index contributed by atoms with van der Waals surface area (Å²) in [6.45, 7) is 7.58. The van der Waals surface area contributed by atoms with Gasteiger partial charge in [-0.1, -0.05) is 81.4 Å². The first kappa shape index (κ1) is 19.8. The molecule has 27 heavy (non-hydrogen) atoms. The second-order valence-electron chi connectivity index (χ2n) is 8.10. The Hall–Kier alpha value is -1.95. The SMILES string of the molecule is CC(C)(C)[Si](OCCO[C@@H]1C[C@H]1C(=O)O)(c1ccccc1)c1ccccc1. The number of aliphatic carboxylic acids is 1. The number of rotatable bonds is 8. The summed E-state index contributed by atoms with van der Waals surface area (Å²) in [6.07, 6.45) is 0.444. The van der Waals surface area contributed by atoms with E-state index in [9.17, 15) is 4.79 Å². The van der Waals surface area contributed by atoms with Gasteiger partial charge in [0.2, 0.25) is 0 Å². The van der Waals surface area contributed by atoms with E-state index < -0.39 is 14.3 Å². The van der Waals surface area contributed by atoms with Gasteiger partial charge in [-0.05, 0) is 21.8 Å². The van der Waals surface area contributed by atoms with Crippen LogP contribution >= 0.6 is 0 Å². The molecule has 1 N–H and O–H groups in total. The Morgan fingerprint density at radius 3 is 1.93 bits per heavy atom. The first-order chi connectivity index (χ1) is 12.9. The van der Waals surface area contributed by atoms with Crippen LogP contribution in [0.3, 0.4) is 0 Å². The second kappa shape index (κ2) is 7.96. The van der Waals surface area contributed by atoms with E-state index in [0.29, 0.717) is 19.6 Å². The van der Waals surface area contributed by atoms with Crippen LogP contribution in [-0.2, 0) is 14.0 Å². The van der Waals surface area contributed by atoms with Gasteiger partial charge >= 0.3 is 5.97 Å². The van der Waals surface area contributed by atoms with Crippen molar-refractivity contribution in [1.82, 2.24) is 0 Å². The van der Waals surface area contributed by atoms with Gasteiger partial charge in [0.15, 0.2) is 0 Å². The van der Waals surface area contributed by atoms with Crippen LogP contribution in [0.5, 0.6) is 0 Å². The normalized spacial score (nSPS) is 19.7. The molecule has 2 aromatic carbocycles. The number of benzene rings is 2. The summed E-state index contributed by atoms with van der Waals surface area (Å²) in [5.41, 5.74) is 0. The minimum atomic E-state index is -2.54. The summed E-state index contributed by atoms with van der Waals surface area (Å²) in [5.74, 6) is -1.12. The molecule has 0 saturated heterocycles. The largest absolute Gasteiger partial charge is 0.481 e. The van der Waals surface area contributed by atoms with Crippen molar-refractivity contribution in [1.29, 1.82) is 0 Å². The van der Waals surface area contributed by atoms with E-state index in [-0.39, 0.29) is 17.1 Å². The summed E-state index contributed by atoms with van der Waals surface area (Å²) in [6, 6.07) is 20.9. The Labute approximate surface area is 162 Å². The van der Waals surface area contributed by atoms with Gasteiger partial charge in [0.05, 0.1) is 25.2 Å². The molecule has 0 spiro atoms. The lowest BCUT2D eigenvalue weighted by atomic mass is 10.2. The minimum Gasteiger partial charge on any atom is -0.481 e. The van der Waals surface area contributed by atoms with Crippen LogP contribution in [0.25, 0.3) is 0 Å². The van der Waals surface area contributed by atoms with Crippen molar-refractivity contribution in [2.45, 2.75) is 38.3 Å². The number of carbonyl (C=O) groups is 1. The molecule has 0 bridgehead atoms. The van der Waals surface area contributed by atoms with Gasteiger partial charge in [0.1, 0.15) is 0 Å². The average molecular weight is 385 g/mol. The minimum absolute atomic E-state index is 0.0705.